The minimum absolute atomic E-state index is 0.00473. The lowest BCUT2D eigenvalue weighted by Gasteiger charge is -2.39. The molecule has 2 fully saturated rings. The first-order valence-corrected chi connectivity index (χ1v) is 23.9. The zero-order valence-electron chi connectivity index (χ0n) is 40.7. The van der Waals surface area contributed by atoms with Crippen LogP contribution in [0.25, 0.3) is 0 Å². The SMILES string of the molecule is CC(=N)c1ccc(CCC(=O)[C@H](C)NC(=O)[C@H]2C[C@@H](c3ccc(F)cc3)CCN2C(=O)OC(C)(C)C)cc1.C[C@H](NC(=O)[C@@H]1CCC[C@H](c2ccc(F)cc2)C1)C(=O)CCc1ccc(C(=N)N)cc1. The Morgan fingerprint density at radius 2 is 1.14 bits per heavy atom. The zero-order chi connectivity index (χ0) is 50.4. The molecule has 6 atom stereocenters. The molecule has 0 bridgehead atoms. The van der Waals surface area contributed by atoms with E-state index < -0.39 is 35.7 Å². The van der Waals surface area contributed by atoms with Crippen LogP contribution in [0, 0.1) is 28.4 Å². The number of amides is 3. The second kappa shape index (κ2) is 24.6. The molecule has 1 aliphatic carbocycles. The van der Waals surface area contributed by atoms with Gasteiger partial charge in [-0.05, 0) is 150 Å². The van der Waals surface area contributed by atoms with Gasteiger partial charge in [-0.15, -0.1) is 0 Å². The number of ketones is 2. The van der Waals surface area contributed by atoms with Crippen molar-refractivity contribution < 1.29 is 37.5 Å². The second-order valence-corrected chi connectivity index (χ2v) is 19.4. The van der Waals surface area contributed by atoms with E-state index in [9.17, 15) is 32.8 Å². The van der Waals surface area contributed by atoms with Crippen LogP contribution in [0.15, 0.2) is 97.1 Å². The lowest BCUT2D eigenvalue weighted by atomic mass is 9.77. The van der Waals surface area contributed by atoms with E-state index >= 15 is 0 Å². The van der Waals surface area contributed by atoms with Crippen molar-refractivity contribution in [1.82, 2.24) is 15.5 Å². The number of nitrogens with two attached hydrogens (primary N) is 1. The molecule has 3 amide bonds. The van der Waals surface area contributed by atoms with Crippen molar-refractivity contribution in [1.29, 1.82) is 10.8 Å². The Hall–Kier alpha value is -6.57. The van der Waals surface area contributed by atoms with Crippen LogP contribution >= 0.6 is 0 Å². The molecular formula is C55H68F2N6O6. The van der Waals surface area contributed by atoms with E-state index in [2.05, 4.69) is 10.6 Å². The molecule has 0 radical (unpaired) electrons. The number of ether oxygens (including phenoxy) is 1. The molecule has 1 heterocycles. The lowest BCUT2D eigenvalue weighted by Crippen LogP contribution is -2.56. The number of nitrogens with one attached hydrogen (secondary N) is 4. The highest BCUT2D eigenvalue weighted by molar-refractivity contribution is 5.96. The minimum atomic E-state index is -0.819. The molecule has 0 spiro atoms. The van der Waals surface area contributed by atoms with Crippen LogP contribution < -0.4 is 16.4 Å². The van der Waals surface area contributed by atoms with Gasteiger partial charge in [0.1, 0.15) is 29.1 Å². The molecule has 1 aliphatic heterocycles. The number of amidine groups is 1. The van der Waals surface area contributed by atoms with Crippen molar-refractivity contribution in [3.8, 4) is 0 Å². The van der Waals surface area contributed by atoms with Crippen LogP contribution in [0.4, 0.5) is 13.6 Å². The number of nitrogen functional groups attached to an aromatic ring is 1. The third-order valence-corrected chi connectivity index (χ3v) is 12.9. The Kier molecular flexibility index (Phi) is 19.1. The Bertz CT molecular complexity index is 2420. The maximum atomic E-state index is 13.5. The van der Waals surface area contributed by atoms with Crippen LogP contribution in [0.5, 0.6) is 0 Å². The molecular weight excluding hydrogens is 879 g/mol. The molecule has 12 nitrogen and oxygen atoms in total. The van der Waals surface area contributed by atoms with Gasteiger partial charge in [0.05, 0.1) is 12.1 Å². The molecule has 1 saturated heterocycles. The summed E-state index contributed by atoms with van der Waals surface area (Å²) in [6, 6.07) is 25.5. The van der Waals surface area contributed by atoms with E-state index in [4.69, 9.17) is 21.3 Å². The number of nitrogens with zero attached hydrogens (tertiary/aromatic N) is 1. The number of benzene rings is 4. The van der Waals surface area contributed by atoms with Gasteiger partial charge in [0.25, 0.3) is 0 Å². The van der Waals surface area contributed by atoms with Crippen LogP contribution in [-0.4, -0.2) is 76.2 Å². The van der Waals surface area contributed by atoms with Gasteiger partial charge in [-0.2, -0.15) is 0 Å². The predicted molar refractivity (Wildman–Crippen MR) is 264 cm³/mol. The lowest BCUT2D eigenvalue weighted by molar-refractivity contribution is -0.131. The molecule has 0 unspecified atom stereocenters. The molecule has 14 heteroatoms. The minimum Gasteiger partial charge on any atom is -0.444 e. The third kappa shape index (κ3) is 16.3. The van der Waals surface area contributed by atoms with Gasteiger partial charge in [0, 0.05) is 36.6 Å². The number of rotatable bonds is 16. The van der Waals surface area contributed by atoms with Crippen molar-refractivity contribution >= 4 is 41.0 Å². The summed E-state index contributed by atoms with van der Waals surface area (Å²) in [6.45, 7) is 10.7. The Labute approximate surface area is 405 Å². The number of Topliss-reactive ketones (excluding diaryl/α,β-unsaturated/α-hetero) is 2. The van der Waals surface area contributed by atoms with Crippen LogP contribution in [0.2, 0.25) is 0 Å². The largest absolute Gasteiger partial charge is 0.444 e. The normalized spacial score (nSPS) is 18.9. The number of hydrogen-bond acceptors (Lipinski definition) is 8. The van der Waals surface area contributed by atoms with Crippen molar-refractivity contribution in [2.24, 2.45) is 11.7 Å². The monoisotopic (exact) mass is 947 g/mol. The van der Waals surface area contributed by atoms with Crippen molar-refractivity contribution in [3.63, 3.8) is 0 Å². The van der Waals surface area contributed by atoms with E-state index in [-0.39, 0.29) is 59.1 Å². The van der Waals surface area contributed by atoms with Gasteiger partial charge in [-0.3, -0.25) is 29.5 Å². The molecule has 4 aromatic carbocycles. The molecule has 69 heavy (non-hydrogen) atoms. The quantitative estimate of drug-likeness (QED) is 0.0545. The topological polar surface area (TPSA) is 196 Å². The number of likely N-dealkylation sites (tertiary alicyclic amines) is 1. The van der Waals surface area contributed by atoms with E-state index in [0.29, 0.717) is 49.9 Å². The summed E-state index contributed by atoms with van der Waals surface area (Å²) in [5, 5.41) is 20.8. The molecule has 6 rings (SSSR count). The number of halogens is 2. The average molecular weight is 947 g/mol. The molecule has 1 saturated carbocycles. The number of aryl methyl sites for hydroxylation is 2. The van der Waals surface area contributed by atoms with Crippen LogP contribution in [0.1, 0.15) is 138 Å². The number of carbonyl (C=O) groups excluding carboxylic acids is 5. The van der Waals surface area contributed by atoms with E-state index in [1.807, 2.05) is 36.4 Å². The Balaban J connectivity index is 0.000000263. The van der Waals surface area contributed by atoms with Gasteiger partial charge in [0.15, 0.2) is 11.6 Å². The van der Waals surface area contributed by atoms with Gasteiger partial charge in [-0.25, -0.2) is 13.6 Å². The van der Waals surface area contributed by atoms with Crippen molar-refractivity contribution in [2.45, 2.75) is 141 Å². The maximum absolute atomic E-state index is 13.5. The van der Waals surface area contributed by atoms with Crippen molar-refractivity contribution in [2.75, 3.05) is 6.54 Å². The molecule has 4 aromatic rings. The summed E-state index contributed by atoms with van der Waals surface area (Å²) in [6.07, 6.45) is 5.54. The van der Waals surface area contributed by atoms with Gasteiger partial charge in [0.2, 0.25) is 11.8 Å². The number of piperidine rings is 1. The van der Waals surface area contributed by atoms with E-state index in [1.54, 1.807) is 77.9 Å². The highest BCUT2D eigenvalue weighted by Crippen LogP contribution is 2.37. The summed E-state index contributed by atoms with van der Waals surface area (Å²) in [5.74, 6) is -1.08. The number of carbonyl (C=O) groups is 5. The van der Waals surface area contributed by atoms with Gasteiger partial charge >= 0.3 is 6.09 Å². The number of hydrogen-bond donors (Lipinski definition) is 5. The van der Waals surface area contributed by atoms with E-state index in [0.717, 1.165) is 53.5 Å². The van der Waals surface area contributed by atoms with Gasteiger partial charge in [-0.1, -0.05) is 79.2 Å². The van der Waals surface area contributed by atoms with Crippen molar-refractivity contribution in [3.05, 3.63) is 142 Å². The maximum Gasteiger partial charge on any atom is 0.410 e. The summed E-state index contributed by atoms with van der Waals surface area (Å²) < 4.78 is 32.2. The van der Waals surface area contributed by atoms with Crippen LogP contribution in [-0.2, 0) is 36.8 Å². The fourth-order valence-corrected chi connectivity index (χ4v) is 8.80. The Morgan fingerprint density at radius 1 is 0.681 bits per heavy atom. The smallest absolute Gasteiger partial charge is 0.410 e. The first-order valence-electron chi connectivity index (χ1n) is 23.9. The second-order valence-electron chi connectivity index (χ2n) is 19.4. The zero-order valence-corrected chi connectivity index (χ0v) is 40.7. The molecule has 2 aliphatic rings. The summed E-state index contributed by atoms with van der Waals surface area (Å²) in [5.41, 5.74) is 10.7. The summed E-state index contributed by atoms with van der Waals surface area (Å²) >= 11 is 0. The first kappa shape index (κ1) is 53.4. The predicted octanol–water partition coefficient (Wildman–Crippen LogP) is 9.49. The molecule has 0 aromatic heterocycles. The fourth-order valence-electron chi connectivity index (χ4n) is 8.80. The highest BCUT2D eigenvalue weighted by atomic mass is 19.1. The average Bonchev–Trinajstić information content (AvgIpc) is 3.32. The standard InChI is InChI=1S/C30H38FN3O4.C25H30FN3O2/c1-19(32)22-9-6-21(7-10-22)8-15-27(35)20(2)33-28(36)26-18-24(23-11-13-25(31)14-12-23)16-17-34(26)29(37)38-30(3,4)5;1-16(23(30)14-7-17-5-8-19(9-6-17)24(27)28)29-25(31)21-4-2-3-20(15-21)18-10-12-22(26)13-11-18/h6-7,9-14,20,24,26,32H,8,15-18H2,1-5H3,(H,33,36);5-6,8-13,16,20-21H,2-4,7,14-15H2,1H3,(H3,27,28)(H,29,31)/t20-,24-,26+;16-,20-,21+/m00/s1. The first-order chi connectivity index (χ1) is 32.7. The van der Waals surface area contributed by atoms with E-state index in [1.165, 1.54) is 29.2 Å². The third-order valence-electron chi connectivity index (χ3n) is 12.9. The van der Waals surface area contributed by atoms with Gasteiger partial charge < -0.3 is 26.5 Å². The fraction of sp³-hybridized carbons (Fsp3) is 0.436. The summed E-state index contributed by atoms with van der Waals surface area (Å²) in [7, 11) is 0. The molecule has 368 valence electrons. The van der Waals surface area contributed by atoms with Crippen LogP contribution in [0.3, 0.4) is 0 Å². The Morgan fingerprint density at radius 3 is 1.61 bits per heavy atom. The molecule has 6 N–H and O–H groups in total. The highest BCUT2D eigenvalue weighted by Gasteiger charge is 2.39. The summed E-state index contributed by atoms with van der Waals surface area (Å²) in [4.78, 5) is 65.9.